The quantitative estimate of drug-likeness (QED) is 0.339. The number of hydrogen-bond acceptors (Lipinski definition) is 4. The van der Waals surface area contributed by atoms with Crippen molar-refractivity contribution in [2.45, 2.75) is 6.92 Å². The highest BCUT2D eigenvalue weighted by Crippen LogP contribution is 2.36. The number of nitrogens with zero attached hydrogens (tertiary/aromatic N) is 3. The van der Waals surface area contributed by atoms with Crippen molar-refractivity contribution in [3.63, 3.8) is 0 Å². The molecule has 0 amide bonds. The van der Waals surface area contributed by atoms with Crippen molar-refractivity contribution in [1.29, 1.82) is 0 Å². The monoisotopic (exact) mass is 341 g/mol. The summed E-state index contributed by atoms with van der Waals surface area (Å²) in [5, 5.41) is 7.85. The third-order valence-electron chi connectivity index (χ3n) is 4.76. The minimum atomic E-state index is -0.367. The second-order valence-corrected chi connectivity index (χ2v) is 6.37. The Balaban J connectivity index is 2.13. The van der Waals surface area contributed by atoms with Gasteiger partial charge in [0.15, 0.2) is 5.65 Å². The number of benzene rings is 2. The van der Waals surface area contributed by atoms with Crippen molar-refractivity contribution in [3.05, 3.63) is 70.7 Å². The van der Waals surface area contributed by atoms with Crippen LogP contribution in [0.4, 0.5) is 0 Å². The fourth-order valence-corrected chi connectivity index (χ4v) is 3.62. The maximum atomic E-state index is 12.7. The first kappa shape index (κ1) is 14.8. The second kappa shape index (κ2) is 5.26. The molecule has 0 aliphatic heterocycles. The molecule has 5 aromatic rings. The average molecular weight is 341 g/mol. The van der Waals surface area contributed by atoms with Gasteiger partial charge in [0.2, 0.25) is 0 Å². The number of fused-ring (bicyclic) bond motifs is 5. The minimum absolute atomic E-state index is 0.367. The van der Waals surface area contributed by atoms with Gasteiger partial charge in [-0.15, -0.1) is 0 Å². The summed E-state index contributed by atoms with van der Waals surface area (Å²) in [7, 11) is 1.88. The Morgan fingerprint density at radius 1 is 0.923 bits per heavy atom. The summed E-state index contributed by atoms with van der Waals surface area (Å²) in [6, 6.07) is 17.6. The van der Waals surface area contributed by atoms with Crippen LogP contribution in [0.3, 0.4) is 0 Å². The topological polar surface area (TPSA) is 60.9 Å². The van der Waals surface area contributed by atoms with Crippen LogP contribution in [0.1, 0.15) is 5.69 Å². The normalized spacial score (nSPS) is 11.6. The molecule has 0 unspecified atom stereocenters. The molecule has 3 heterocycles. The van der Waals surface area contributed by atoms with Crippen molar-refractivity contribution < 1.29 is 4.42 Å². The zero-order chi connectivity index (χ0) is 17.8. The van der Waals surface area contributed by atoms with E-state index in [1.165, 1.54) is 0 Å². The van der Waals surface area contributed by atoms with E-state index in [0.29, 0.717) is 16.7 Å². The predicted molar refractivity (Wildman–Crippen MR) is 102 cm³/mol. The molecule has 5 rings (SSSR count). The van der Waals surface area contributed by atoms with Gasteiger partial charge >= 0.3 is 5.63 Å². The van der Waals surface area contributed by atoms with Gasteiger partial charge in [0, 0.05) is 23.4 Å². The van der Waals surface area contributed by atoms with Crippen molar-refractivity contribution in [2.24, 2.45) is 7.05 Å². The van der Waals surface area contributed by atoms with E-state index in [4.69, 9.17) is 9.52 Å². The number of aryl methyl sites for hydroxylation is 2. The molecular weight excluding hydrogens is 326 g/mol. The van der Waals surface area contributed by atoms with E-state index in [9.17, 15) is 4.79 Å². The number of rotatable bonds is 1. The van der Waals surface area contributed by atoms with E-state index in [2.05, 4.69) is 4.98 Å². The summed E-state index contributed by atoms with van der Waals surface area (Å²) in [4.78, 5) is 17.3. The Kier molecular flexibility index (Phi) is 3.00. The maximum absolute atomic E-state index is 12.7. The lowest BCUT2D eigenvalue weighted by atomic mass is 10.0. The van der Waals surface area contributed by atoms with Crippen LogP contribution in [0.5, 0.6) is 0 Å². The lowest BCUT2D eigenvalue weighted by molar-refractivity contribution is 0.569. The largest absolute Gasteiger partial charge is 0.422 e. The van der Waals surface area contributed by atoms with Gasteiger partial charge in [0.25, 0.3) is 0 Å². The smallest absolute Gasteiger partial charge is 0.346 e. The Bertz CT molecular complexity index is 1360. The SMILES string of the molecule is Cc1nc2c(c(-c3ccccc3)nn2C)c2c1c(=O)oc1ccccc12. The second-order valence-electron chi connectivity index (χ2n) is 6.37. The van der Waals surface area contributed by atoms with E-state index in [1.807, 2.05) is 68.6 Å². The zero-order valence-corrected chi connectivity index (χ0v) is 14.4. The maximum Gasteiger partial charge on any atom is 0.346 e. The molecule has 5 nitrogen and oxygen atoms in total. The van der Waals surface area contributed by atoms with Crippen LogP contribution < -0.4 is 5.63 Å². The highest BCUT2D eigenvalue weighted by atomic mass is 16.4. The third-order valence-corrected chi connectivity index (χ3v) is 4.76. The van der Waals surface area contributed by atoms with E-state index < -0.39 is 0 Å². The molecule has 0 spiro atoms. The highest BCUT2D eigenvalue weighted by molar-refractivity contribution is 6.21. The number of aromatic nitrogens is 3. The lowest BCUT2D eigenvalue weighted by Crippen LogP contribution is -2.04. The summed E-state index contributed by atoms with van der Waals surface area (Å²) in [6.07, 6.45) is 0. The van der Waals surface area contributed by atoms with Gasteiger partial charge in [-0.05, 0) is 13.0 Å². The molecule has 2 aromatic carbocycles. The summed E-state index contributed by atoms with van der Waals surface area (Å²) in [5.41, 5.74) is 3.41. The summed E-state index contributed by atoms with van der Waals surface area (Å²) in [6.45, 7) is 1.84. The number of hydrogen-bond donors (Lipinski definition) is 0. The first-order valence-corrected chi connectivity index (χ1v) is 8.39. The molecule has 0 N–H and O–H groups in total. The van der Waals surface area contributed by atoms with Crippen LogP contribution in [0, 0.1) is 6.92 Å². The van der Waals surface area contributed by atoms with E-state index >= 15 is 0 Å². The van der Waals surface area contributed by atoms with Crippen LogP contribution in [-0.4, -0.2) is 14.8 Å². The molecule has 0 saturated heterocycles. The van der Waals surface area contributed by atoms with Gasteiger partial charge in [0.05, 0.1) is 16.5 Å². The van der Waals surface area contributed by atoms with Gasteiger partial charge in [0.1, 0.15) is 11.3 Å². The molecule has 0 aliphatic rings. The predicted octanol–water partition coefficient (Wildman–Crippen LogP) is 4.20. The molecule has 0 bridgehead atoms. The number of para-hydroxylation sites is 1. The van der Waals surface area contributed by atoms with Crippen LogP contribution >= 0.6 is 0 Å². The molecule has 0 fully saturated rings. The van der Waals surface area contributed by atoms with Gasteiger partial charge in [-0.25, -0.2) is 14.5 Å². The van der Waals surface area contributed by atoms with E-state index in [1.54, 1.807) is 4.68 Å². The fourth-order valence-electron chi connectivity index (χ4n) is 3.62. The molecule has 0 atom stereocenters. The Morgan fingerprint density at radius 2 is 1.65 bits per heavy atom. The zero-order valence-electron chi connectivity index (χ0n) is 14.4. The summed E-state index contributed by atoms with van der Waals surface area (Å²) < 4.78 is 7.31. The Labute approximate surface area is 148 Å². The summed E-state index contributed by atoms with van der Waals surface area (Å²) in [5.74, 6) is 0. The average Bonchev–Trinajstić information content (AvgIpc) is 2.98. The van der Waals surface area contributed by atoms with Crippen LogP contribution in [0.15, 0.2) is 63.8 Å². The van der Waals surface area contributed by atoms with Crippen molar-refractivity contribution in [2.75, 3.05) is 0 Å². The minimum Gasteiger partial charge on any atom is -0.422 e. The Morgan fingerprint density at radius 3 is 2.46 bits per heavy atom. The van der Waals surface area contributed by atoms with Crippen LogP contribution in [0.25, 0.3) is 44.0 Å². The van der Waals surface area contributed by atoms with E-state index in [-0.39, 0.29) is 5.63 Å². The van der Waals surface area contributed by atoms with Gasteiger partial charge in [-0.3, -0.25) is 0 Å². The summed E-state index contributed by atoms with van der Waals surface area (Å²) >= 11 is 0. The number of pyridine rings is 1. The standard InChI is InChI=1S/C21H15N3O2/c1-12-16-17(14-10-6-7-11-15(14)26-21(16)25)18-19(13-8-4-3-5-9-13)23-24(2)20(18)22-12/h3-11H,1-2H3. The first-order valence-electron chi connectivity index (χ1n) is 8.39. The first-order chi connectivity index (χ1) is 12.6. The molecule has 26 heavy (non-hydrogen) atoms. The van der Waals surface area contributed by atoms with Crippen LogP contribution in [-0.2, 0) is 7.05 Å². The van der Waals surface area contributed by atoms with Gasteiger partial charge < -0.3 is 4.42 Å². The third kappa shape index (κ3) is 1.94. The Hall–Kier alpha value is -3.47. The van der Waals surface area contributed by atoms with Crippen LogP contribution in [0.2, 0.25) is 0 Å². The molecule has 5 heteroatoms. The highest BCUT2D eigenvalue weighted by Gasteiger charge is 2.21. The molecule has 126 valence electrons. The molecular formula is C21H15N3O2. The molecule has 0 radical (unpaired) electrons. The van der Waals surface area contributed by atoms with Gasteiger partial charge in [-0.1, -0.05) is 48.5 Å². The van der Waals surface area contributed by atoms with E-state index in [0.717, 1.165) is 33.1 Å². The van der Waals surface area contributed by atoms with Crippen molar-refractivity contribution in [3.8, 4) is 11.3 Å². The van der Waals surface area contributed by atoms with Crippen molar-refractivity contribution >= 4 is 32.8 Å². The lowest BCUT2D eigenvalue weighted by Gasteiger charge is -2.07. The molecule has 0 saturated carbocycles. The van der Waals surface area contributed by atoms with Gasteiger partial charge in [-0.2, -0.15) is 5.10 Å². The molecule has 3 aromatic heterocycles. The fraction of sp³-hybridized carbons (Fsp3) is 0.0952. The molecule has 0 aliphatic carbocycles. The van der Waals surface area contributed by atoms with Crippen molar-refractivity contribution in [1.82, 2.24) is 14.8 Å².